The van der Waals surface area contributed by atoms with E-state index in [1.165, 1.54) is 13.2 Å². The van der Waals surface area contributed by atoms with Gasteiger partial charge in [-0.05, 0) is 47.9 Å². The highest BCUT2D eigenvalue weighted by atomic mass is 16.5. The zero-order valence-corrected chi connectivity index (χ0v) is 12.8. The molecule has 0 fully saturated rings. The Morgan fingerprint density at radius 1 is 1.17 bits per heavy atom. The summed E-state index contributed by atoms with van der Waals surface area (Å²) >= 11 is 0. The van der Waals surface area contributed by atoms with Crippen molar-refractivity contribution in [3.8, 4) is 17.2 Å². The van der Waals surface area contributed by atoms with Gasteiger partial charge in [-0.25, -0.2) is 0 Å². The van der Waals surface area contributed by atoms with Gasteiger partial charge in [-0.3, -0.25) is 4.79 Å². The summed E-state index contributed by atoms with van der Waals surface area (Å²) in [5, 5.41) is 21.5. The molecule has 0 radical (unpaired) electrons. The molecule has 0 aliphatic heterocycles. The van der Waals surface area contributed by atoms with Crippen LogP contribution in [0.2, 0.25) is 0 Å². The van der Waals surface area contributed by atoms with E-state index >= 15 is 0 Å². The van der Waals surface area contributed by atoms with Crippen LogP contribution in [0.5, 0.6) is 17.2 Å². The fraction of sp³-hybridized carbons (Fsp3) is 0.167. The fourth-order valence-electron chi connectivity index (χ4n) is 2.02. The summed E-state index contributed by atoms with van der Waals surface area (Å²) in [6.45, 7) is 0.479. The molecule has 0 unspecified atom stereocenters. The van der Waals surface area contributed by atoms with Crippen molar-refractivity contribution in [2.24, 2.45) is 0 Å². The third-order valence-electron chi connectivity index (χ3n) is 3.28. The molecule has 2 aromatic rings. The first-order valence-electron chi connectivity index (χ1n) is 7.19. The van der Waals surface area contributed by atoms with Crippen molar-refractivity contribution in [3.63, 3.8) is 0 Å². The van der Waals surface area contributed by atoms with Crippen LogP contribution in [0, 0.1) is 0 Å². The van der Waals surface area contributed by atoms with Gasteiger partial charge in [0.25, 0.3) is 0 Å². The summed E-state index contributed by atoms with van der Waals surface area (Å²) in [6.07, 6.45) is 3.76. The summed E-state index contributed by atoms with van der Waals surface area (Å²) in [4.78, 5) is 11.7. The Bertz CT molecular complexity index is 693. The van der Waals surface area contributed by atoms with Crippen molar-refractivity contribution in [2.45, 2.75) is 6.42 Å². The Balaban J connectivity index is 1.81. The van der Waals surface area contributed by atoms with Crippen molar-refractivity contribution in [3.05, 3.63) is 59.7 Å². The third kappa shape index (κ3) is 5.07. The largest absolute Gasteiger partial charge is 0.508 e. The second-order valence-electron chi connectivity index (χ2n) is 4.97. The average molecular weight is 313 g/mol. The summed E-state index contributed by atoms with van der Waals surface area (Å²) in [6, 6.07) is 11.7. The maximum absolute atomic E-state index is 11.7. The molecule has 0 spiro atoms. The van der Waals surface area contributed by atoms with Crippen molar-refractivity contribution >= 4 is 12.0 Å². The number of aromatic hydroxyl groups is 2. The first-order chi connectivity index (χ1) is 11.1. The van der Waals surface area contributed by atoms with Crippen LogP contribution in [-0.2, 0) is 11.2 Å². The standard InChI is InChI=1S/C18H19NO4/c1-23-17-12-14(4-8-16(17)21)10-11-19-18(22)9-5-13-2-6-15(20)7-3-13/h2-9,12,20-21H,10-11H2,1H3,(H,19,22). The Morgan fingerprint density at radius 3 is 2.61 bits per heavy atom. The second-order valence-corrected chi connectivity index (χ2v) is 4.97. The predicted molar refractivity (Wildman–Crippen MR) is 88.5 cm³/mol. The molecule has 5 nitrogen and oxygen atoms in total. The predicted octanol–water partition coefficient (Wildman–Crippen LogP) is 2.48. The van der Waals surface area contributed by atoms with E-state index in [1.807, 2.05) is 0 Å². The van der Waals surface area contributed by atoms with E-state index in [0.29, 0.717) is 18.7 Å². The van der Waals surface area contributed by atoms with Gasteiger partial charge in [0.05, 0.1) is 7.11 Å². The van der Waals surface area contributed by atoms with Crippen LogP contribution in [0.1, 0.15) is 11.1 Å². The van der Waals surface area contributed by atoms with Gasteiger partial charge < -0.3 is 20.3 Å². The van der Waals surface area contributed by atoms with Crippen LogP contribution >= 0.6 is 0 Å². The van der Waals surface area contributed by atoms with Crippen molar-refractivity contribution in [2.75, 3.05) is 13.7 Å². The van der Waals surface area contributed by atoms with Gasteiger partial charge in [-0.2, -0.15) is 0 Å². The van der Waals surface area contributed by atoms with Crippen LogP contribution in [0.15, 0.2) is 48.5 Å². The van der Waals surface area contributed by atoms with Gasteiger partial charge >= 0.3 is 0 Å². The molecule has 120 valence electrons. The number of nitrogens with one attached hydrogen (secondary N) is 1. The van der Waals surface area contributed by atoms with E-state index < -0.39 is 0 Å². The van der Waals surface area contributed by atoms with Gasteiger partial charge in [-0.15, -0.1) is 0 Å². The van der Waals surface area contributed by atoms with E-state index in [2.05, 4.69) is 5.32 Å². The third-order valence-corrected chi connectivity index (χ3v) is 3.28. The molecule has 2 rings (SSSR count). The van der Waals surface area contributed by atoms with Gasteiger partial charge in [0, 0.05) is 12.6 Å². The summed E-state index contributed by atoms with van der Waals surface area (Å²) in [7, 11) is 1.49. The number of phenolic OH excluding ortho intramolecular Hbond substituents is 2. The molecule has 23 heavy (non-hydrogen) atoms. The Morgan fingerprint density at radius 2 is 1.91 bits per heavy atom. The number of carbonyl (C=O) groups excluding carboxylic acids is 1. The van der Waals surface area contributed by atoms with Crippen LogP contribution in [0.3, 0.4) is 0 Å². The molecular weight excluding hydrogens is 294 g/mol. The summed E-state index contributed by atoms with van der Waals surface area (Å²) < 4.78 is 5.04. The van der Waals surface area contributed by atoms with Crippen LogP contribution < -0.4 is 10.1 Å². The molecule has 0 aliphatic rings. The minimum absolute atomic E-state index is 0.0946. The first kappa shape index (κ1) is 16.4. The van der Waals surface area contributed by atoms with Crippen LogP contribution in [0.25, 0.3) is 6.08 Å². The molecule has 0 bridgehead atoms. The Labute approximate surface area is 134 Å². The zero-order valence-electron chi connectivity index (χ0n) is 12.8. The van der Waals surface area contributed by atoms with Gasteiger partial charge in [0.1, 0.15) is 5.75 Å². The molecule has 1 amide bonds. The van der Waals surface area contributed by atoms with Crippen LogP contribution in [0.4, 0.5) is 0 Å². The highest BCUT2D eigenvalue weighted by molar-refractivity contribution is 5.91. The topological polar surface area (TPSA) is 78.8 Å². The fourth-order valence-corrected chi connectivity index (χ4v) is 2.02. The average Bonchev–Trinajstić information content (AvgIpc) is 2.56. The lowest BCUT2D eigenvalue weighted by Gasteiger charge is -2.07. The molecule has 3 N–H and O–H groups in total. The number of methoxy groups -OCH3 is 1. The number of amides is 1. The lowest BCUT2D eigenvalue weighted by molar-refractivity contribution is -0.116. The number of benzene rings is 2. The molecule has 0 saturated heterocycles. The zero-order chi connectivity index (χ0) is 16.7. The number of ether oxygens (including phenoxy) is 1. The van der Waals surface area contributed by atoms with Crippen molar-refractivity contribution in [1.82, 2.24) is 5.32 Å². The molecule has 0 aliphatic carbocycles. The van der Waals surface area contributed by atoms with E-state index in [1.54, 1.807) is 48.5 Å². The lowest BCUT2D eigenvalue weighted by atomic mass is 10.1. The van der Waals surface area contributed by atoms with Crippen LogP contribution in [-0.4, -0.2) is 29.8 Å². The van der Waals surface area contributed by atoms with Crippen molar-refractivity contribution < 1.29 is 19.7 Å². The van der Waals surface area contributed by atoms with E-state index in [-0.39, 0.29) is 17.4 Å². The highest BCUT2D eigenvalue weighted by Gasteiger charge is 2.03. The summed E-state index contributed by atoms with van der Waals surface area (Å²) in [5.74, 6) is 0.512. The van der Waals surface area contributed by atoms with E-state index in [4.69, 9.17) is 4.74 Å². The minimum atomic E-state index is -0.191. The van der Waals surface area contributed by atoms with E-state index in [9.17, 15) is 15.0 Å². The highest BCUT2D eigenvalue weighted by Crippen LogP contribution is 2.26. The number of phenols is 2. The van der Waals surface area contributed by atoms with Crippen molar-refractivity contribution in [1.29, 1.82) is 0 Å². The molecule has 0 aromatic heterocycles. The molecule has 0 atom stereocenters. The SMILES string of the molecule is COc1cc(CCNC(=O)C=Cc2ccc(O)cc2)ccc1O. The Kier molecular flexibility index (Phi) is 5.63. The first-order valence-corrected chi connectivity index (χ1v) is 7.19. The van der Waals surface area contributed by atoms with E-state index in [0.717, 1.165) is 11.1 Å². The molecule has 5 heteroatoms. The number of rotatable bonds is 6. The molecule has 0 heterocycles. The van der Waals surface area contributed by atoms with Gasteiger partial charge in [0.2, 0.25) is 5.91 Å². The monoisotopic (exact) mass is 313 g/mol. The molecule has 0 saturated carbocycles. The number of carbonyl (C=O) groups is 1. The minimum Gasteiger partial charge on any atom is -0.508 e. The molecular formula is C18H19NO4. The normalized spacial score (nSPS) is 10.7. The maximum atomic E-state index is 11.7. The quantitative estimate of drug-likeness (QED) is 0.716. The number of hydrogen-bond acceptors (Lipinski definition) is 4. The number of hydrogen-bond donors (Lipinski definition) is 3. The Hall–Kier alpha value is -2.95. The molecule has 2 aromatic carbocycles. The van der Waals surface area contributed by atoms with Gasteiger partial charge in [0.15, 0.2) is 11.5 Å². The maximum Gasteiger partial charge on any atom is 0.244 e. The smallest absolute Gasteiger partial charge is 0.244 e. The summed E-state index contributed by atoms with van der Waals surface area (Å²) in [5.41, 5.74) is 1.80. The van der Waals surface area contributed by atoms with Gasteiger partial charge in [-0.1, -0.05) is 18.2 Å². The second kappa shape index (κ2) is 7.89. The lowest BCUT2D eigenvalue weighted by Crippen LogP contribution is -2.23.